The van der Waals surface area contributed by atoms with E-state index in [-0.39, 0.29) is 41.1 Å². The fraction of sp³-hybridized carbons (Fsp3) is 0.229. The summed E-state index contributed by atoms with van der Waals surface area (Å²) in [4.78, 5) is 21.0. The fourth-order valence-electron chi connectivity index (χ4n) is 4.63. The number of nitrogens with zero attached hydrogens (tertiary/aromatic N) is 1. The van der Waals surface area contributed by atoms with E-state index >= 15 is 0 Å². The Labute approximate surface area is 274 Å². The molecule has 3 nitrogen and oxygen atoms in total. The predicted molar refractivity (Wildman–Crippen MR) is 169 cm³/mol. The maximum atomic E-state index is 8.12. The van der Waals surface area contributed by atoms with Gasteiger partial charge in [-0.2, -0.15) is 21.4 Å². The van der Waals surface area contributed by atoms with Crippen LogP contribution < -0.4 is 29.6 Å². The van der Waals surface area contributed by atoms with Gasteiger partial charge in [0.15, 0.2) is 0 Å². The molecule has 5 rings (SSSR count). The van der Waals surface area contributed by atoms with Crippen molar-refractivity contribution in [2.75, 3.05) is 5.75 Å². The van der Waals surface area contributed by atoms with Gasteiger partial charge in [0.25, 0.3) is 0 Å². The molecular formula is C35H33ClNNaO2S. The number of hydrogen-bond acceptors (Lipinski definition) is 4. The smallest absolute Gasteiger partial charge is 0.336 e. The Hall–Kier alpha value is -2.43. The maximum Gasteiger partial charge on any atom is 1.00 e. The van der Waals surface area contributed by atoms with Crippen molar-refractivity contribution in [1.29, 1.82) is 0 Å². The van der Waals surface area contributed by atoms with E-state index in [4.69, 9.17) is 26.2 Å². The topological polar surface area (TPSA) is 47.0 Å². The Morgan fingerprint density at radius 2 is 1.80 bits per heavy atom. The van der Waals surface area contributed by atoms with Crippen molar-refractivity contribution < 1.29 is 39.1 Å². The van der Waals surface area contributed by atoms with Crippen molar-refractivity contribution in [3.05, 3.63) is 125 Å². The summed E-state index contributed by atoms with van der Waals surface area (Å²) in [6.07, 6.45) is 9.11. The van der Waals surface area contributed by atoms with Gasteiger partial charge in [-0.25, -0.2) is 4.98 Å². The molecule has 0 N–H and O–H groups in total. The molecule has 41 heavy (non-hydrogen) atoms. The molecule has 1 fully saturated rings. The zero-order chi connectivity index (χ0) is 28.5. The number of benzene rings is 3. The molecule has 0 unspecified atom stereocenters. The number of aryl methyl sites for hydroxylation is 1. The van der Waals surface area contributed by atoms with Crippen LogP contribution in [-0.2, 0) is 16.0 Å². The number of hydrogen-bond donors (Lipinski definition) is 0. The Kier molecular flexibility index (Phi) is 12.7. The molecule has 1 aliphatic carbocycles. The molecule has 204 valence electrons. The molecule has 0 amide bonds. The first-order chi connectivity index (χ1) is 19.3. The second-order valence-electron chi connectivity index (χ2n) is 10.4. The van der Waals surface area contributed by atoms with Crippen LogP contribution in [0.25, 0.3) is 28.6 Å². The average molecular weight is 590 g/mol. The van der Waals surface area contributed by atoms with Crippen molar-refractivity contribution >= 4 is 58.1 Å². The number of thioether (sulfide) groups is 1. The van der Waals surface area contributed by atoms with Crippen LogP contribution in [-0.4, -0.2) is 16.9 Å². The van der Waals surface area contributed by atoms with Crippen molar-refractivity contribution in [2.45, 2.75) is 37.9 Å². The fourth-order valence-corrected chi connectivity index (χ4v) is 6.26. The van der Waals surface area contributed by atoms with Gasteiger partial charge in [0.1, 0.15) is 0 Å². The standard InChI is InChI=1S/C34H33ClNS.CO2.Na/c1-24(2)31-10-5-4-8-26(31)14-18-33(37-23-34(3)19-20-34)28-9-6-7-25(21-28)11-16-30-17-13-27-12-15-29(35)22-32(27)36-30;2-1-3;/h4-13,15-17,21-22,33H,1,3,14,18-20,23H2,2H3;;/q-1;;+1/b16-11+;;/t33-;;/m1../s1. The van der Waals surface area contributed by atoms with E-state index in [1.54, 1.807) is 0 Å². The van der Waals surface area contributed by atoms with Crippen molar-refractivity contribution in [3.8, 4) is 0 Å². The molecule has 0 spiro atoms. The molecule has 0 saturated heterocycles. The monoisotopic (exact) mass is 589 g/mol. The largest absolute Gasteiger partial charge is 1.00 e. The summed E-state index contributed by atoms with van der Waals surface area (Å²) < 4.78 is 0. The third-order valence-electron chi connectivity index (χ3n) is 7.11. The molecule has 0 aliphatic heterocycles. The molecule has 0 bridgehead atoms. The van der Waals surface area contributed by atoms with Gasteiger partial charge in [0.05, 0.1) is 11.2 Å². The van der Waals surface area contributed by atoms with Crippen LogP contribution >= 0.6 is 23.4 Å². The van der Waals surface area contributed by atoms with Gasteiger partial charge in [-0.15, -0.1) is 5.41 Å². The molecule has 4 aromatic rings. The van der Waals surface area contributed by atoms with Gasteiger partial charge >= 0.3 is 35.7 Å². The van der Waals surface area contributed by atoms with Crippen molar-refractivity contribution in [2.24, 2.45) is 5.41 Å². The van der Waals surface area contributed by atoms with E-state index in [1.165, 1.54) is 35.1 Å². The van der Waals surface area contributed by atoms with Gasteiger partial charge in [0.2, 0.25) is 0 Å². The molecule has 1 saturated carbocycles. The summed E-state index contributed by atoms with van der Waals surface area (Å²) in [5, 5.41) is 2.22. The second-order valence-corrected chi connectivity index (χ2v) is 12.1. The van der Waals surface area contributed by atoms with Crippen molar-refractivity contribution in [3.63, 3.8) is 0 Å². The molecule has 6 heteroatoms. The number of halogens is 1. The zero-order valence-electron chi connectivity index (χ0n) is 23.7. The minimum atomic E-state index is 0. The number of aromatic nitrogens is 1. The van der Waals surface area contributed by atoms with Gasteiger partial charge in [0, 0.05) is 15.7 Å². The second kappa shape index (κ2) is 15.7. The number of rotatable bonds is 10. The summed E-state index contributed by atoms with van der Waals surface area (Å²) in [5.74, 6) is 1.11. The van der Waals surface area contributed by atoms with Gasteiger partial charge in [-0.1, -0.05) is 103 Å². The van der Waals surface area contributed by atoms with Gasteiger partial charge in [-0.3, -0.25) is 0 Å². The molecule has 1 atom stereocenters. The average Bonchev–Trinajstić information content (AvgIpc) is 3.69. The van der Waals surface area contributed by atoms with E-state index in [1.807, 2.05) is 18.2 Å². The third kappa shape index (κ3) is 9.82. The van der Waals surface area contributed by atoms with Gasteiger partial charge in [-0.05, 0) is 72.0 Å². The minimum absolute atomic E-state index is 0. The molecule has 1 aromatic heterocycles. The first-order valence-electron chi connectivity index (χ1n) is 13.3. The number of allylic oxidation sites excluding steroid dienone is 1. The van der Waals surface area contributed by atoms with E-state index in [9.17, 15) is 0 Å². The minimum Gasteiger partial charge on any atom is -0.336 e. The van der Waals surface area contributed by atoms with E-state index in [0.29, 0.717) is 10.3 Å². The first kappa shape index (κ1) is 33.1. The Bertz CT molecular complexity index is 1560. The van der Waals surface area contributed by atoms with E-state index in [2.05, 4.69) is 105 Å². The quantitative estimate of drug-likeness (QED) is 0.156. The number of fused-ring (bicyclic) bond motifs is 1. The van der Waals surface area contributed by atoms with Crippen molar-refractivity contribution in [1.82, 2.24) is 4.98 Å². The summed E-state index contributed by atoms with van der Waals surface area (Å²) >= 11 is 8.24. The van der Waals surface area contributed by atoms with Gasteiger partial charge < -0.3 is 6.92 Å². The molecule has 0 radical (unpaired) electrons. The zero-order valence-corrected chi connectivity index (χ0v) is 27.3. The molecular weight excluding hydrogens is 557 g/mol. The van der Waals surface area contributed by atoms with Crippen LogP contribution in [0.5, 0.6) is 0 Å². The Morgan fingerprint density at radius 3 is 2.54 bits per heavy atom. The normalized spacial score (nSPS) is 13.9. The van der Waals surface area contributed by atoms with E-state index in [0.717, 1.165) is 40.8 Å². The summed E-state index contributed by atoms with van der Waals surface area (Å²) in [6.45, 7) is 10.7. The predicted octanol–water partition coefficient (Wildman–Crippen LogP) is 6.53. The van der Waals surface area contributed by atoms with Crippen LogP contribution in [0.2, 0.25) is 5.02 Å². The van der Waals surface area contributed by atoms with E-state index < -0.39 is 0 Å². The summed E-state index contributed by atoms with van der Waals surface area (Å²) in [7, 11) is 0. The molecule has 1 aliphatic rings. The Morgan fingerprint density at radius 1 is 1.07 bits per heavy atom. The summed E-state index contributed by atoms with van der Waals surface area (Å²) in [6, 6.07) is 27.6. The molecule has 1 heterocycles. The van der Waals surface area contributed by atoms with Crippen LogP contribution in [0, 0.1) is 12.3 Å². The molecule has 3 aromatic carbocycles. The third-order valence-corrected chi connectivity index (χ3v) is 9.03. The SMILES string of the molecule is C=C(C)c1ccccc1CC[C@@H](SCC1([CH2-])CC1)c1cccc(/C=C/c2ccc3ccc(Cl)cc3n2)c1.O=C=O.[Na+]. The number of pyridine rings is 1. The Balaban J connectivity index is 0.00000111. The number of carbonyl (C=O) groups excluding carboxylic acids is 2. The maximum absolute atomic E-state index is 8.12. The van der Waals surface area contributed by atoms with Crippen LogP contribution in [0.4, 0.5) is 0 Å². The first-order valence-corrected chi connectivity index (χ1v) is 14.8. The van der Waals surface area contributed by atoms with Crippen LogP contribution in [0.15, 0.2) is 85.4 Å². The van der Waals surface area contributed by atoms with Crippen LogP contribution in [0.1, 0.15) is 59.4 Å². The summed E-state index contributed by atoms with van der Waals surface area (Å²) in [5.41, 5.74) is 8.48. The van der Waals surface area contributed by atoms with Crippen LogP contribution in [0.3, 0.4) is 0 Å².